The maximum Gasteiger partial charge on any atom is 0.338 e. The van der Waals surface area contributed by atoms with Gasteiger partial charge in [-0.1, -0.05) is 0 Å². The lowest BCUT2D eigenvalue weighted by Gasteiger charge is -2.19. The fraction of sp³-hybridized carbons (Fsp3) is 0.400. The van der Waals surface area contributed by atoms with E-state index in [9.17, 15) is 9.59 Å². The molecule has 5 nitrogen and oxygen atoms in total. The predicted octanol–water partition coefficient (Wildman–Crippen LogP) is 2.12. The second kappa shape index (κ2) is 4.98. The maximum absolute atomic E-state index is 11.6. The molecular weight excluding hydrogens is 230 g/mol. The second-order valence-electron chi connectivity index (χ2n) is 3.92. The predicted molar refractivity (Wildman–Crippen MR) is 60.1 cm³/mol. The molecule has 0 amide bonds. The van der Waals surface area contributed by atoms with Crippen LogP contribution in [0.2, 0.25) is 0 Å². The Bertz CT molecular complexity index is 372. The van der Waals surface area contributed by atoms with E-state index in [-0.39, 0.29) is 6.42 Å². The van der Waals surface area contributed by atoms with E-state index in [4.69, 9.17) is 9.94 Å². The summed E-state index contributed by atoms with van der Waals surface area (Å²) in [5.74, 6) is -1.62. The molecule has 0 radical (unpaired) electrons. The second-order valence-corrected chi connectivity index (χ2v) is 4.87. The zero-order chi connectivity index (χ0) is 12.2. The number of nitrogens with one attached hydrogen (secondary N) is 1. The van der Waals surface area contributed by atoms with E-state index < -0.39 is 17.4 Å². The van der Waals surface area contributed by atoms with Crippen molar-refractivity contribution in [3.05, 3.63) is 17.5 Å². The third kappa shape index (κ3) is 3.54. The average molecular weight is 243 g/mol. The number of anilines is 1. The van der Waals surface area contributed by atoms with Crippen molar-refractivity contribution in [1.29, 1.82) is 0 Å². The highest BCUT2D eigenvalue weighted by atomic mass is 32.1. The fourth-order valence-electron chi connectivity index (χ4n) is 1.02. The van der Waals surface area contributed by atoms with Crippen LogP contribution in [-0.2, 0) is 14.4 Å². The molecule has 0 atom stereocenters. The monoisotopic (exact) mass is 243 g/mol. The van der Waals surface area contributed by atoms with Crippen LogP contribution in [0.25, 0.3) is 0 Å². The van der Waals surface area contributed by atoms with Gasteiger partial charge < -0.3 is 9.94 Å². The van der Waals surface area contributed by atoms with Crippen molar-refractivity contribution in [2.75, 3.05) is 5.48 Å². The molecule has 1 rings (SSSR count). The highest BCUT2D eigenvalue weighted by Crippen LogP contribution is 2.23. The molecule has 1 heterocycles. The van der Waals surface area contributed by atoms with Gasteiger partial charge in [-0.15, -0.1) is 11.3 Å². The van der Waals surface area contributed by atoms with Crippen LogP contribution in [-0.4, -0.2) is 17.0 Å². The molecule has 2 N–H and O–H groups in total. The van der Waals surface area contributed by atoms with E-state index in [1.807, 2.05) is 11.4 Å². The van der Waals surface area contributed by atoms with E-state index in [0.717, 1.165) is 0 Å². The first-order valence-corrected chi connectivity index (χ1v) is 5.52. The van der Waals surface area contributed by atoms with Gasteiger partial charge in [0.05, 0.1) is 11.8 Å². The number of hydrogen-bond acceptors (Lipinski definition) is 5. The lowest BCUT2D eigenvalue weighted by molar-refractivity contribution is -0.156. The van der Waals surface area contributed by atoms with Crippen molar-refractivity contribution in [2.24, 2.45) is 5.41 Å². The van der Waals surface area contributed by atoms with Crippen molar-refractivity contribution >= 4 is 28.3 Å². The number of aliphatic carboxylic acids is 1. The van der Waals surface area contributed by atoms with Crippen LogP contribution in [0, 0.1) is 5.41 Å². The van der Waals surface area contributed by atoms with Crippen molar-refractivity contribution in [1.82, 2.24) is 0 Å². The van der Waals surface area contributed by atoms with E-state index in [1.165, 1.54) is 25.2 Å². The molecule has 0 saturated carbocycles. The van der Waals surface area contributed by atoms with Crippen molar-refractivity contribution in [2.45, 2.75) is 20.3 Å². The number of rotatable bonds is 5. The van der Waals surface area contributed by atoms with Gasteiger partial charge in [0.2, 0.25) is 0 Å². The molecular formula is C10H13NO4S. The Morgan fingerprint density at radius 1 is 1.56 bits per heavy atom. The number of carbonyl (C=O) groups is 2. The first-order valence-electron chi connectivity index (χ1n) is 4.64. The average Bonchev–Trinajstić information content (AvgIpc) is 2.64. The van der Waals surface area contributed by atoms with Crippen LogP contribution in [0.3, 0.4) is 0 Å². The molecule has 0 aliphatic carbocycles. The Morgan fingerprint density at radius 3 is 2.75 bits per heavy atom. The highest BCUT2D eigenvalue weighted by Gasteiger charge is 2.32. The van der Waals surface area contributed by atoms with E-state index in [2.05, 4.69) is 5.48 Å². The van der Waals surface area contributed by atoms with Crippen molar-refractivity contribution in [3.63, 3.8) is 0 Å². The van der Waals surface area contributed by atoms with E-state index in [0.29, 0.717) is 5.00 Å². The fourth-order valence-corrected chi connectivity index (χ4v) is 1.57. The maximum atomic E-state index is 11.6. The SMILES string of the molecule is CC(C)(CC(=O)O)C(=O)ONc1cccs1. The molecule has 88 valence electrons. The smallest absolute Gasteiger partial charge is 0.338 e. The van der Waals surface area contributed by atoms with Crippen LogP contribution < -0.4 is 5.48 Å². The quantitative estimate of drug-likeness (QED) is 0.775. The zero-order valence-electron chi connectivity index (χ0n) is 9.02. The topological polar surface area (TPSA) is 75.6 Å². The molecule has 1 aromatic heterocycles. The molecule has 0 bridgehead atoms. The summed E-state index contributed by atoms with van der Waals surface area (Å²) in [4.78, 5) is 26.9. The van der Waals surface area contributed by atoms with Crippen LogP contribution in [0.4, 0.5) is 5.00 Å². The summed E-state index contributed by atoms with van der Waals surface area (Å²) >= 11 is 1.38. The number of thiophene rings is 1. The summed E-state index contributed by atoms with van der Waals surface area (Å²) in [5.41, 5.74) is 1.43. The molecule has 0 aromatic carbocycles. The lowest BCUT2D eigenvalue weighted by Crippen LogP contribution is -2.30. The van der Waals surface area contributed by atoms with Gasteiger partial charge in [0.15, 0.2) is 0 Å². The molecule has 0 unspecified atom stereocenters. The van der Waals surface area contributed by atoms with E-state index >= 15 is 0 Å². The third-order valence-corrected chi connectivity index (χ3v) is 2.68. The zero-order valence-corrected chi connectivity index (χ0v) is 9.84. The molecule has 1 aromatic rings. The lowest BCUT2D eigenvalue weighted by atomic mass is 9.90. The number of carboxylic acid groups (broad SMARTS) is 1. The van der Waals surface area contributed by atoms with Gasteiger partial charge >= 0.3 is 11.9 Å². The number of hydrogen-bond donors (Lipinski definition) is 2. The van der Waals surface area contributed by atoms with Crippen LogP contribution in [0.5, 0.6) is 0 Å². The Hall–Kier alpha value is -1.56. The van der Waals surface area contributed by atoms with Gasteiger partial charge in [-0.2, -0.15) is 0 Å². The largest absolute Gasteiger partial charge is 0.481 e. The van der Waals surface area contributed by atoms with Gasteiger partial charge in [-0.3, -0.25) is 4.79 Å². The summed E-state index contributed by atoms with van der Waals surface area (Å²) in [7, 11) is 0. The minimum Gasteiger partial charge on any atom is -0.481 e. The Labute approximate surface area is 97.0 Å². The number of carbonyl (C=O) groups excluding carboxylic acids is 1. The Kier molecular flexibility index (Phi) is 3.89. The summed E-state index contributed by atoms with van der Waals surface area (Å²) in [6, 6.07) is 3.56. The Morgan fingerprint density at radius 2 is 2.25 bits per heavy atom. The van der Waals surface area contributed by atoms with Crippen LogP contribution >= 0.6 is 11.3 Å². The molecule has 0 aliphatic rings. The minimum absolute atomic E-state index is 0.266. The first-order chi connectivity index (χ1) is 7.42. The van der Waals surface area contributed by atoms with Gasteiger partial charge in [0, 0.05) is 0 Å². The van der Waals surface area contributed by atoms with Crippen LogP contribution in [0.15, 0.2) is 17.5 Å². The highest BCUT2D eigenvalue weighted by molar-refractivity contribution is 7.14. The summed E-state index contributed by atoms with van der Waals surface area (Å²) in [6.07, 6.45) is -0.266. The standard InChI is InChI=1S/C10H13NO4S/c1-10(2,6-8(12)13)9(14)15-11-7-4-3-5-16-7/h3-5,11H,6H2,1-2H3,(H,12,13). The van der Waals surface area contributed by atoms with Gasteiger partial charge in [0.25, 0.3) is 0 Å². The van der Waals surface area contributed by atoms with Crippen molar-refractivity contribution < 1.29 is 19.5 Å². The third-order valence-electron chi connectivity index (χ3n) is 1.91. The van der Waals surface area contributed by atoms with Gasteiger partial charge in [-0.25, -0.2) is 10.3 Å². The van der Waals surface area contributed by atoms with Crippen molar-refractivity contribution in [3.8, 4) is 0 Å². The molecule has 0 fully saturated rings. The van der Waals surface area contributed by atoms with Gasteiger partial charge in [-0.05, 0) is 31.4 Å². The number of carboxylic acids is 1. The summed E-state index contributed by atoms with van der Waals surface area (Å²) in [6.45, 7) is 3.05. The summed E-state index contributed by atoms with van der Waals surface area (Å²) in [5, 5.41) is 11.1. The summed E-state index contributed by atoms with van der Waals surface area (Å²) < 4.78 is 0. The molecule has 0 spiro atoms. The van der Waals surface area contributed by atoms with Gasteiger partial charge in [0.1, 0.15) is 5.00 Å². The first kappa shape index (κ1) is 12.5. The molecule has 16 heavy (non-hydrogen) atoms. The normalized spacial score (nSPS) is 10.9. The molecule has 0 aliphatic heterocycles. The molecule has 0 saturated heterocycles. The Balaban J connectivity index is 2.48. The van der Waals surface area contributed by atoms with E-state index in [1.54, 1.807) is 6.07 Å². The minimum atomic E-state index is -1.05. The molecule has 6 heteroatoms. The van der Waals surface area contributed by atoms with Crippen LogP contribution in [0.1, 0.15) is 20.3 Å².